The lowest BCUT2D eigenvalue weighted by Crippen LogP contribution is -2.25. The molecule has 0 heterocycles. The maximum absolute atomic E-state index is 10.9. The van der Waals surface area contributed by atoms with E-state index in [1.54, 1.807) is 0 Å². The summed E-state index contributed by atoms with van der Waals surface area (Å²) in [6.07, 6.45) is 0.108. The number of benzene rings is 1. The summed E-state index contributed by atoms with van der Waals surface area (Å²) in [5.74, 6) is -0.594. The summed E-state index contributed by atoms with van der Waals surface area (Å²) < 4.78 is 0. The van der Waals surface area contributed by atoms with Crippen LogP contribution in [0, 0.1) is 21.4 Å². The Balaban J connectivity index is 3.12. The number of nitro groups is 1. The molecule has 0 spiro atoms. The Kier molecular flexibility index (Phi) is 4.17. The summed E-state index contributed by atoms with van der Waals surface area (Å²) in [5, 5.41) is 19.5. The van der Waals surface area contributed by atoms with Gasteiger partial charge in [-0.3, -0.25) is 14.9 Å². The van der Waals surface area contributed by atoms with Crippen molar-refractivity contribution in [3.63, 3.8) is 0 Å². The number of amides is 1. The highest BCUT2D eigenvalue weighted by Gasteiger charge is 2.20. The number of hydrogen-bond donors (Lipinski definition) is 1. The van der Waals surface area contributed by atoms with Crippen LogP contribution in [-0.4, -0.2) is 15.7 Å². The molecule has 0 radical (unpaired) electrons. The van der Waals surface area contributed by atoms with Crippen molar-refractivity contribution < 1.29 is 9.72 Å². The van der Waals surface area contributed by atoms with E-state index in [9.17, 15) is 14.9 Å². The van der Waals surface area contributed by atoms with Crippen LogP contribution in [0.25, 0.3) is 0 Å². The Bertz CT molecular complexity index is 510. The molecule has 1 rings (SSSR count). The molecule has 2 N–H and O–H groups in total. The second-order valence-corrected chi connectivity index (χ2v) is 4.39. The fourth-order valence-corrected chi connectivity index (χ4v) is 1.62. The van der Waals surface area contributed by atoms with Crippen molar-refractivity contribution in [1.82, 2.24) is 0 Å². The molecular weight excluding hydrogens is 290 g/mol. The third kappa shape index (κ3) is 3.26. The van der Waals surface area contributed by atoms with Crippen LogP contribution in [-0.2, 0) is 11.2 Å². The minimum Gasteiger partial charge on any atom is -0.369 e. The predicted molar refractivity (Wildman–Crippen MR) is 63.4 cm³/mol. The average Bonchev–Trinajstić information content (AvgIpc) is 2.29. The molecule has 88 valence electrons. The van der Waals surface area contributed by atoms with E-state index < -0.39 is 15.7 Å². The predicted octanol–water partition coefficient (Wildman–Crippen LogP) is 1.26. The van der Waals surface area contributed by atoms with Gasteiger partial charge in [0.25, 0.3) is 5.69 Å². The van der Waals surface area contributed by atoms with E-state index in [0.29, 0.717) is 5.56 Å². The smallest absolute Gasteiger partial charge is 0.273 e. The van der Waals surface area contributed by atoms with E-state index >= 15 is 0 Å². The van der Waals surface area contributed by atoms with Crippen LogP contribution in [0.15, 0.2) is 18.2 Å². The van der Waals surface area contributed by atoms with Gasteiger partial charge < -0.3 is 5.73 Å². The third-order valence-electron chi connectivity index (χ3n) is 2.12. The highest BCUT2D eigenvalue weighted by molar-refractivity contribution is 9.10. The fourth-order valence-electron chi connectivity index (χ4n) is 1.27. The molecule has 6 nitrogen and oxygen atoms in total. The van der Waals surface area contributed by atoms with Crippen LogP contribution in [0.3, 0.4) is 0 Å². The van der Waals surface area contributed by atoms with Gasteiger partial charge in [-0.2, -0.15) is 5.26 Å². The maximum Gasteiger partial charge on any atom is 0.273 e. The number of nitrogens with zero attached hydrogens (tertiary/aromatic N) is 2. The van der Waals surface area contributed by atoms with Crippen LogP contribution >= 0.6 is 15.9 Å². The second-order valence-electron chi connectivity index (χ2n) is 3.29. The number of nitro benzene ring substituents is 1. The van der Waals surface area contributed by atoms with Crippen LogP contribution in [0.1, 0.15) is 11.1 Å². The number of halogens is 1. The third-order valence-corrected chi connectivity index (χ3v) is 2.89. The zero-order chi connectivity index (χ0) is 13.0. The first-order chi connectivity index (χ1) is 7.95. The molecule has 1 aromatic rings. The Labute approximate surface area is 105 Å². The number of alkyl halides is 1. The number of hydrogen-bond acceptors (Lipinski definition) is 4. The highest BCUT2D eigenvalue weighted by Crippen LogP contribution is 2.23. The zero-order valence-corrected chi connectivity index (χ0v) is 10.2. The first kappa shape index (κ1) is 13.1. The van der Waals surface area contributed by atoms with Crippen molar-refractivity contribution >= 4 is 27.5 Å². The Morgan fingerprint density at radius 3 is 2.76 bits per heavy atom. The molecule has 17 heavy (non-hydrogen) atoms. The SMILES string of the molecule is N#Cc1ccc(CC(Br)C(N)=O)c([N+](=O)[O-])c1. The van der Waals surface area contributed by atoms with Crippen LogP contribution in [0.2, 0.25) is 0 Å². The largest absolute Gasteiger partial charge is 0.369 e. The topological polar surface area (TPSA) is 110 Å². The monoisotopic (exact) mass is 297 g/mol. The standard InChI is InChI=1S/C10H8BrN3O3/c11-8(10(13)15)4-7-2-1-6(5-12)3-9(7)14(16)17/h1-3,8H,4H2,(H2,13,15). The lowest BCUT2D eigenvalue weighted by atomic mass is 10.0. The number of primary amides is 1. The molecule has 0 aromatic heterocycles. The molecule has 0 saturated carbocycles. The van der Waals surface area contributed by atoms with Gasteiger partial charge in [-0.25, -0.2) is 0 Å². The minimum atomic E-state index is -0.672. The summed E-state index contributed by atoms with van der Waals surface area (Å²) in [4.78, 5) is 20.4. The van der Waals surface area contributed by atoms with Gasteiger partial charge in [0.05, 0.1) is 21.4 Å². The van der Waals surface area contributed by atoms with Crippen molar-refractivity contribution in [3.05, 3.63) is 39.4 Å². The summed E-state index contributed by atoms with van der Waals surface area (Å²) in [6, 6.07) is 5.91. The van der Waals surface area contributed by atoms with E-state index in [1.807, 2.05) is 6.07 Å². The average molecular weight is 298 g/mol. The summed E-state index contributed by atoms with van der Waals surface area (Å²) in [6.45, 7) is 0. The van der Waals surface area contributed by atoms with Crippen molar-refractivity contribution in [3.8, 4) is 6.07 Å². The lowest BCUT2D eigenvalue weighted by molar-refractivity contribution is -0.385. The van der Waals surface area contributed by atoms with Gasteiger partial charge >= 0.3 is 0 Å². The van der Waals surface area contributed by atoms with Gasteiger partial charge in [0, 0.05) is 18.1 Å². The fraction of sp³-hybridized carbons (Fsp3) is 0.200. The summed E-state index contributed by atoms with van der Waals surface area (Å²) in [5.41, 5.74) is 5.43. The summed E-state index contributed by atoms with van der Waals surface area (Å²) >= 11 is 3.04. The quantitative estimate of drug-likeness (QED) is 0.512. The van der Waals surface area contributed by atoms with Crippen molar-refractivity contribution in [2.45, 2.75) is 11.2 Å². The molecule has 1 amide bonds. The highest BCUT2D eigenvalue weighted by atomic mass is 79.9. The minimum absolute atomic E-state index is 0.108. The van der Waals surface area contributed by atoms with Gasteiger partial charge in [-0.15, -0.1) is 0 Å². The van der Waals surface area contributed by atoms with Crippen molar-refractivity contribution in [1.29, 1.82) is 5.26 Å². The first-order valence-electron chi connectivity index (χ1n) is 4.56. The van der Waals surface area contributed by atoms with E-state index in [-0.39, 0.29) is 17.7 Å². The van der Waals surface area contributed by atoms with E-state index in [0.717, 1.165) is 0 Å². The Morgan fingerprint density at radius 1 is 1.65 bits per heavy atom. The normalized spacial score (nSPS) is 11.5. The number of carbonyl (C=O) groups excluding carboxylic acids is 1. The zero-order valence-electron chi connectivity index (χ0n) is 8.59. The number of nitriles is 1. The van der Waals surface area contributed by atoms with Gasteiger partial charge in [-0.05, 0) is 6.07 Å². The number of rotatable bonds is 4. The molecule has 1 unspecified atom stereocenters. The molecule has 0 saturated heterocycles. The van der Waals surface area contributed by atoms with Crippen molar-refractivity contribution in [2.75, 3.05) is 0 Å². The molecule has 0 fully saturated rings. The molecule has 0 aliphatic rings. The summed E-state index contributed by atoms with van der Waals surface area (Å²) in [7, 11) is 0. The number of nitrogens with two attached hydrogens (primary N) is 1. The molecule has 0 bridgehead atoms. The van der Waals surface area contributed by atoms with Gasteiger partial charge in [0.15, 0.2) is 0 Å². The van der Waals surface area contributed by atoms with Gasteiger partial charge in [-0.1, -0.05) is 22.0 Å². The van der Waals surface area contributed by atoms with Crippen LogP contribution < -0.4 is 5.73 Å². The first-order valence-corrected chi connectivity index (χ1v) is 5.48. The molecule has 0 aliphatic carbocycles. The Morgan fingerprint density at radius 2 is 2.29 bits per heavy atom. The van der Waals surface area contributed by atoms with E-state index in [1.165, 1.54) is 18.2 Å². The Hall–Kier alpha value is -1.94. The van der Waals surface area contributed by atoms with Gasteiger partial charge in [0.2, 0.25) is 5.91 Å². The maximum atomic E-state index is 10.9. The van der Waals surface area contributed by atoms with Gasteiger partial charge in [0.1, 0.15) is 0 Å². The molecular formula is C10H8BrN3O3. The molecule has 7 heteroatoms. The molecule has 1 atom stereocenters. The lowest BCUT2D eigenvalue weighted by Gasteiger charge is -2.06. The van der Waals surface area contributed by atoms with Crippen LogP contribution in [0.5, 0.6) is 0 Å². The van der Waals surface area contributed by atoms with Crippen LogP contribution in [0.4, 0.5) is 5.69 Å². The number of carbonyl (C=O) groups is 1. The van der Waals surface area contributed by atoms with E-state index in [4.69, 9.17) is 11.0 Å². The second kappa shape index (κ2) is 5.41. The molecule has 1 aromatic carbocycles. The van der Waals surface area contributed by atoms with Crippen molar-refractivity contribution in [2.24, 2.45) is 5.73 Å². The van der Waals surface area contributed by atoms with E-state index in [2.05, 4.69) is 15.9 Å². The molecule has 0 aliphatic heterocycles.